The van der Waals surface area contributed by atoms with Crippen molar-refractivity contribution in [2.24, 2.45) is 0 Å². The maximum atomic E-state index is 13.1. The molecule has 0 atom stereocenters. The van der Waals surface area contributed by atoms with Gasteiger partial charge in [0.05, 0.1) is 16.6 Å². The minimum atomic E-state index is -1.03. The number of hydrogen-bond acceptors (Lipinski definition) is 4. The number of thiophene rings is 1. The van der Waals surface area contributed by atoms with Gasteiger partial charge in [-0.15, -0.1) is 11.3 Å². The number of aromatic amines is 1. The summed E-state index contributed by atoms with van der Waals surface area (Å²) in [5.74, 6) is -1.03. The Morgan fingerprint density at radius 1 is 1.29 bits per heavy atom. The smallest absolute Gasteiger partial charge is 0.335 e. The molecule has 0 aliphatic heterocycles. The van der Waals surface area contributed by atoms with Crippen molar-refractivity contribution >= 4 is 39.7 Å². The van der Waals surface area contributed by atoms with Crippen molar-refractivity contribution in [3.05, 3.63) is 55.4 Å². The molecule has 0 fully saturated rings. The Labute approximate surface area is 146 Å². The number of hydrogen-bond donors (Lipinski definition) is 2. The molecule has 0 saturated carbocycles. The molecule has 5 nitrogen and oxygen atoms in total. The fourth-order valence-electron chi connectivity index (χ4n) is 3.25. The molecule has 122 valence electrons. The first kappa shape index (κ1) is 15.3. The third-order valence-electron chi connectivity index (χ3n) is 4.36. The molecule has 4 rings (SSSR count). The molecule has 2 N–H and O–H groups in total. The highest BCUT2D eigenvalue weighted by Crippen LogP contribution is 2.33. The lowest BCUT2D eigenvalue weighted by atomic mass is 9.97. The van der Waals surface area contributed by atoms with E-state index in [1.165, 1.54) is 21.6 Å². The van der Waals surface area contributed by atoms with E-state index in [1.807, 2.05) is 0 Å². The summed E-state index contributed by atoms with van der Waals surface area (Å²) in [6, 6.07) is 6.28. The quantitative estimate of drug-likeness (QED) is 0.685. The van der Waals surface area contributed by atoms with E-state index in [0.717, 1.165) is 36.1 Å². The zero-order valence-corrected chi connectivity index (χ0v) is 14.3. The predicted molar refractivity (Wildman–Crippen MR) is 96.2 cm³/mol. The van der Waals surface area contributed by atoms with E-state index in [-0.39, 0.29) is 15.9 Å². The largest absolute Gasteiger partial charge is 0.478 e. The van der Waals surface area contributed by atoms with Gasteiger partial charge in [-0.3, -0.25) is 9.36 Å². The minimum Gasteiger partial charge on any atom is -0.478 e. The predicted octanol–water partition coefficient (Wildman–Crippen LogP) is 3.69. The van der Waals surface area contributed by atoms with E-state index in [4.69, 9.17) is 12.2 Å². The van der Waals surface area contributed by atoms with Crippen LogP contribution < -0.4 is 5.56 Å². The van der Waals surface area contributed by atoms with Gasteiger partial charge in [0.2, 0.25) is 0 Å². The zero-order chi connectivity index (χ0) is 16.8. The van der Waals surface area contributed by atoms with Gasteiger partial charge < -0.3 is 10.1 Å². The van der Waals surface area contributed by atoms with E-state index in [1.54, 1.807) is 23.5 Å². The SMILES string of the molecule is O=C(O)c1cccc(-n2c(=S)[nH]c3sc4c(c3c2=O)CCCC4)c1. The Bertz CT molecular complexity index is 1090. The molecule has 24 heavy (non-hydrogen) atoms. The maximum Gasteiger partial charge on any atom is 0.335 e. The summed E-state index contributed by atoms with van der Waals surface area (Å²) in [4.78, 5) is 29.5. The van der Waals surface area contributed by atoms with Gasteiger partial charge in [0.1, 0.15) is 4.83 Å². The molecule has 2 heterocycles. The molecule has 1 aliphatic carbocycles. The first-order valence-corrected chi connectivity index (χ1v) is 8.92. The number of H-pyrrole nitrogens is 1. The number of aromatic nitrogens is 2. The Hall–Kier alpha value is -2.25. The van der Waals surface area contributed by atoms with Crippen LogP contribution in [0.1, 0.15) is 33.6 Å². The topological polar surface area (TPSA) is 75.1 Å². The number of aromatic carboxylic acids is 1. The van der Waals surface area contributed by atoms with Gasteiger partial charge in [0.15, 0.2) is 4.77 Å². The number of carboxylic acid groups (broad SMARTS) is 1. The fourth-order valence-corrected chi connectivity index (χ4v) is 4.89. The van der Waals surface area contributed by atoms with E-state index < -0.39 is 5.97 Å². The monoisotopic (exact) mass is 358 g/mol. The number of aryl methyl sites for hydroxylation is 2. The van der Waals surface area contributed by atoms with Crippen LogP contribution in [-0.2, 0) is 12.8 Å². The second-order valence-electron chi connectivity index (χ2n) is 5.84. The summed E-state index contributed by atoms with van der Waals surface area (Å²) in [7, 11) is 0. The maximum absolute atomic E-state index is 13.1. The summed E-state index contributed by atoms with van der Waals surface area (Å²) in [5.41, 5.74) is 1.55. The number of rotatable bonds is 2. The lowest BCUT2D eigenvalue weighted by Crippen LogP contribution is -2.21. The second-order valence-corrected chi connectivity index (χ2v) is 7.33. The van der Waals surface area contributed by atoms with E-state index in [2.05, 4.69) is 4.98 Å². The van der Waals surface area contributed by atoms with Crippen LogP contribution in [0.25, 0.3) is 15.9 Å². The summed E-state index contributed by atoms with van der Waals surface area (Å²) in [6.45, 7) is 0. The van der Waals surface area contributed by atoms with E-state index in [0.29, 0.717) is 11.1 Å². The van der Waals surface area contributed by atoms with Crippen LogP contribution in [0.3, 0.4) is 0 Å². The molecule has 0 spiro atoms. The molecule has 1 aliphatic rings. The van der Waals surface area contributed by atoms with E-state index >= 15 is 0 Å². The molecule has 3 aromatic rings. The molecular formula is C17H14N2O3S2. The highest BCUT2D eigenvalue weighted by atomic mass is 32.1. The fraction of sp³-hybridized carbons (Fsp3) is 0.235. The standard InChI is InChI=1S/C17H14N2O3S2/c20-15-13-11-6-1-2-7-12(11)24-14(13)18-17(23)19(15)10-5-3-4-9(8-10)16(21)22/h3-5,8H,1-2,6-7H2,(H,18,23)(H,21,22). The number of nitrogens with zero attached hydrogens (tertiary/aromatic N) is 1. The van der Waals surface area contributed by atoms with Gasteiger partial charge in [-0.25, -0.2) is 4.79 Å². The van der Waals surface area contributed by atoms with Crippen LogP contribution in [0.2, 0.25) is 0 Å². The first-order valence-electron chi connectivity index (χ1n) is 7.69. The first-order chi connectivity index (χ1) is 11.6. The summed E-state index contributed by atoms with van der Waals surface area (Å²) < 4.78 is 1.68. The molecule has 2 aromatic heterocycles. The van der Waals surface area contributed by atoms with Crippen LogP contribution in [-0.4, -0.2) is 20.6 Å². The number of nitrogens with one attached hydrogen (secondary N) is 1. The van der Waals surface area contributed by atoms with Crippen molar-refractivity contribution in [2.75, 3.05) is 0 Å². The minimum absolute atomic E-state index is 0.126. The molecule has 0 bridgehead atoms. The Kier molecular flexibility index (Phi) is 3.62. The third-order valence-corrected chi connectivity index (χ3v) is 5.85. The number of benzene rings is 1. The highest BCUT2D eigenvalue weighted by Gasteiger charge is 2.20. The van der Waals surface area contributed by atoms with Crippen molar-refractivity contribution in [2.45, 2.75) is 25.7 Å². The van der Waals surface area contributed by atoms with Gasteiger partial charge in [-0.1, -0.05) is 6.07 Å². The van der Waals surface area contributed by atoms with Crippen molar-refractivity contribution in [3.8, 4) is 5.69 Å². The van der Waals surface area contributed by atoms with Gasteiger partial charge in [0, 0.05) is 4.88 Å². The van der Waals surface area contributed by atoms with Crippen LogP contribution in [0, 0.1) is 4.77 Å². The summed E-state index contributed by atoms with van der Waals surface area (Å²) >= 11 is 6.98. The Morgan fingerprint density at radius 3 is 2.88 bits per heavy atom. The van der Waals surface area contributed by atoms with Gasteiger partial charge in [-0.2, -0.15) is 0 Å². The normalized spacial score (nSPS) is 13.8. The lowest BCUT2D eigenvalue weighted by Gasteiger charge is -2.11. The van der Waals surface area contributed by atoms with Crippen LogP contribution in [0.4, 0.5) is 0 Å². The number of carboxylic acids is 1. The Balaban J connectivity index is 2.03. The molecule has 0 amide bonds. The van der Waals surface area contributed by atoms with Crippen LogP contribution in [0.15, 0.2) is 29.1 Å². The van der Waals surface area contributed by atoms with E-state index in [9.17, 15) is 14.7 Å². The molecule has 7 heteroatoms. The average Bonchev–Trinajstić information content (AvgIpc) is 2.93. The molecule has 0 unspecified atom stereocenters. The summed E-state index contributed by atoms with van der Waals surface area (Å²) in [6.07, 6.45) is 4.14. The van der Waals surface area contributed by atoms with Crippen molar-refractivity contribution in [1.82, 2.24) is 9.55 Å². The van der Waals surface area contributed by atoms with Crippen LogP contribution >= 0.6 is 23.6 Å². The Morgan fingerprint density at radius 2 is 2.08 bits per heavy atom. The number of fused-ring (bicyclic) bond motifs is 3. The molecule has 0 radical (unpaired) electrons. The lowest BCUT2D eigenvalue weighted by molar-refractivity contribution is 0.0697. The third kappa shape index (κ3) is 2.32. The van der Waals surface area contributed by atoms with Crippen molar-refractivity contribution in [1.29, 1.82) is 0 Å². The van der Waals surface area contributed by atoms with Crippen molar-refractivity contribution < 1.29 is 9.90 Å². The second kappa shape index (κ2) is 5.68. The van der Waals surface area contributed by atoms with Gasteiger partial charge >= 0.3 is 5.97 Å². The average molecular weight is 358 g/mol. The highest BCUT2D eigenvalue weighted by molar-refractivity contribution is 7.71. The number of carbonyl (C=O) groups is 1. The van der Waals surface area contributed by atoms with Crippen molar-refractivity contribution in [3.63, 3.8) is 0 Å². The molecular weight excluding hydrogens is 344 g/mol. The zero-order valence-electron chi connectivity index (χ0n) is 12.7. The van der Waals surface area contributed by atoms with Gasteiger partial charge in [0.25, 0.3) is 5.56 Å². The van der Waals surface area contributed by atoms with Gasteiger partial charge in [-0.05, 0) is 61.7 Å². The summed E-state index contributed by atoms with van der Waals surface area (Å²) in [5, 5.41) is 9.87. The molecule has 1 aromatic carbocycles. The van der Waals surface area contributed by atoms with Crippen LogP contribution in [0.5, 0.6) is 0 Å². The molecule has 0 saturated heterocycles.